The molecule has 0 aliphatic carbocycles. The van der Waals surface area contributed by atoms with Crippen molar-refractivity contribution in [3.8, 4) is 0 Å². The average Bonchev–Trinajstić information content (AvgIpc) is 2.06. The summed E-state index contributed by atoms with van der Waals surface area (Å²) < 4.78 is 0.687. The first-order valence-corrected chi connectivity index (χ1v) is 5.95. The van der Waals surface area contributed by atoms with Gasteiger partial charge in [0.15, 0.2) is 0 Å². The van der Waals surface area contributed by atoms with Gasteiger partial charge < -0.3 is 5.11 Å². The molecule has 0 aromatic carbocycles. The number of thioether (sulfide) groups is 2. The lowest BCUT2D eigenvalue weighted by atomic mass is 10.3. The molecule has 0 bridgehead atoms. The monoisotopic (exact) mass is 190 g/mol. The van der Waals surface area contributed by atoms with E-state index in [1.165, 1.54) is 24.2 Å². The Morgan fingerprint density at radius 1 is 1.55 bits per heavy atom. The molecule has 0 aromatic heterocycles. The lowest BCUT2D eigenvalue weighted by Crippen LogP contribution is -2.06. The molecule has 1 nitrogen and oxygen atoms in total. The summed E-state index contributed by atoms with van der Waals surface area (Å²) in [5, 5.41) is 8.68. The molecule has 1 saturated heterocycles. The summed E-state index contributed by atoms with van der Waals surface area (Å²) in [4.78, 5) is 0. The lowest BCUT2D eigenvalue weighted by Gasteiger charge is -2.20. The zero-order valence-corrected chi connectivity index (χ0v) is 8.38. The summed E-state index contributed by atoms with van der Waals surface area (Å²) in [6, 6.07) is 0. The first-order valence-electron chi connectivity index (χ1n) is 3.86. The van der Waals surface area contributed by atoms with Gasteiger partial charge in [-0.15, -0.1) is 23.5 Å². The molecule has 11 heavy (non-hydrogen) atoms. The first-order chi connectivity index (χ1) is 5.33. The number of aliphatic hydroxyl groups is 1. The molecule has 1 aliphatic rings. The Bertz CT molecular complexity index is 139. The van der Waals surface area contributed by atoms with Gasteiger partial charge in [0.2, 0.25) is 0 Å². The van der Waals surface area contributed by atoms with E-state index >= 15 is 0 Å². The Labute approximate surface area is 76.6 Å². The summed E-state index contributed by atoms with van der Waals surface area (Å²) in [5.41, 5.74) is 1.09. The zero-order valence-electron chi connectivity index (χ0n) is 6.75. The van der Waals surface area contributed by atoms with E-state index in [9.17, 15) is 0 Å². The highest BCUT2D eigenvalue weighted by Gasteiger charge is 2.14. The second-order valence-electron chi connectivity index (χ2n) is 2.70. The summed E-state index contributed by atoms with van der Waals surface area (Å²) in [5.74, 6) is 2.58. The van der Waals surface area contributed by atoms with E-state index in [0.29, 0.717) is 4.58 Å². The van der Waals surface area contributed by atoms with E-state index in [2.05, 4.69) is 0 Å². The molecule has 0 aromatic rings. The Balaban J connectivity index is 2.24. The smallest absolute Gasteiger partial charge is 0.0781 e. The maximum Gasteiger partial charge on any atom is 0.0781 e. The van der Waals surface area contributed by atoms with Crippen LogP contribution in [0.4, 0.5) is 0 Å². The number of hydrogen-bond acceptors (Lipinski definition) is 3. The molecule has 1 N–H and O–H groups in total. The molecule has 1 aliphatic heterocycles. The maximum absolute atomic E-state index is 8.68. The van der Waals surface area contributed by atoms with Crippen LogP contribution in [0.15, 0.2) is 11.8 Å². The average molecular weight is 190 g/mol. The molecule has 1 heterocycles. The Morgan fingerprint density at radius 3 is 2.73 bits per heavy atom. The second-order valence-corrected chi connectivity index (χ2v) is 5.62. The van der Waals surface area contributed by atoms with Crippen LogP contribution in [0.5, 0.6) is 0 Å². The van der Waals surface area contributed by atoms with Crippen LogP contribution in [-0.4, -0.2) is 21.2 Å². The summed E-state index contributed by atoms with van der Waals surface area (Å²) in [7, 11) is 0. The van der Waals surface area contributed by atoms with Crippen LogP contribution in [0.25, 0.3) is 0 Å². The molecule has 0 unspecified atom stereocenters. The standard InChI is InChI=1S/C8H14OS2/c1-7(6-9)5-8-10-3-2-4-11-8/h6,8-9H,2-5H2,1H3/b7-6-. The minimum Gasteiger partial charge on any atom is -0.516 e. The predicted octanol–water partition coefficient (Wildman–Crippen LogP) is 3.03. The van der Waals surface area contributed by atoms with Crippen molar-refractivity contribution in [2.24, 2.45) is 0 Å². The molecule has 0 saturated carbocycles. The van der Waals surface area contributed by atoms with E-state index in [1.807, 2.05) is 30.4 Å². The van der Waals surface area contributed by atoms with E-state index in [-0.39, 0.29) is 0 Å². The third-order valence-electron chi connectivity index (χ3n) is 1.61. The Kier molecular flexibility index (Phi) is 4.23. The van der Waals surface area contributed by atoms with Gasteiger partial charge in [-0.25, -0.2) is 0 Å². The fourth-order valence-corrected chi connectivity index (χ4v) is 4.02. The number of aliphatic hydroxyl groups excluding tert-OH is 1. The van der Waals surface area contributed by atoms with Gasteiger partial charge in [0.25, 0.3) is 0 Å². The highest BCUT2D eigenvalue weighted by Crippen LogP contribution is 2.34. The first kappa shape index (κ1) is 9.33. The van der Waals surface area contributed by atoms with Crippen LogP contribution < -0.4 is 0 Å². The molecular weight excluding hydrogens is 176 g/mol. The lowest BCUT2D eigenvalue weighted by molar-refractivity contribution is 0.465. The van der Waals surface area contributed by atoms with Gasteiger partial charge in [0.1, 0.15) is 0 Å². The SMILES string of the molecule is C/C(=C/O)CC1SCCCS1. The molecule has 1 rings (SSSR count). The van der Waals surface area contributed by atoms with Crippen molar-refractivity contribution in [2.75, 3.05) is 11.5 Å². The fraction of sp³-hybridized carbons (Fsp3) is 0.750. The van der Waals surface area contributed by atoms with E-state index < -0.39 is 0 Å². The van der Waals surface area contributed by atoms with E-state index in [4.69, 9.17) is 5.11 Å². The van der Waals surface area contributed by atoms with Crippen molar-refractivity contribution < 1.29 is 5.11 Å². The summed E-state index contributed by atoms with van der Waals surface area (Å²) >= 11 is 4.04. The van der Waals surface area contributed by atoms with Gasteiger partial charge in [0, 0.05) is 0 Å². The van der Waals surface area contributed by atoms with Gasteiger partial charge in [-0.05, 0) is 36.8 Å². The molecule has 64 valence electrons. The van der Waals surface area contributed by atoms with Crippen LogP contribution in [0.2, 0.25) is 0 Å². The van der Waals surface area contributed by atoms with Crippen LogP contribution in [0.3, 0.4) is 0 Å². The molecule has 3 heteroatoms. The Hall–Kier alpha value is 0.240. The van der Waals surface area contributed by atoms with Crippen molar-refractivity contribution >= 4 is 23.5 Å². The minimum atomic E-state index is 0.687. The number of allylic oxidation sites excluding steroid dienone is 1. The van der Waals surface area contributed by atoms with E-state index in [1.54, 1.807) is 0 Å². The minimum absolute atomic E-state index is 0.687. The molecule has 0 amide bonds. The van der Waals surface area contributed by atoms with Gasteiger partial charge in [0.05, 0.1) is 10.8 Å². The maximum atomic E-state index is 8.68. The third kappa shape index (κ3) is 3.43. The van der Waals surface area contributed by atoms with Crippen LogP contribution in [0.1, 0.15) is 19.8 Å². The highest BCUT2D eigenvalue weighted by molar-refractivity contribution is 8.17. The molecular formula is C8H14OS2. The number of rotatable bonds is 2. The fourth-order valence-electron chi connectivity index (χ4n) is 0.970. The topological polar surface area (TPSA) is 20.2 Å². The van der Waals surface area contributed by atoms with Gasteiger partial charge in [-0.3, -0.25) is 0 Å². The van der Waals surface area contributed by atoms with Crippen molar-refractivity contribution in [1.82, 2.24) is 0 Å². The van der Waals surface area contributed by atoms with Crippen molar-refractivity contribution in [2.45, 2.75) is 24.3 Å². The Morgan fingerprint density at radius 2 is 2.18 bits per heavy atom. The van der Waals surface area contributed by atoms with E-state index in [0.717, 1.165) is 12.0 Å². The normalized spacial score (nSPS) is 22.1. The molecule has 0 radical (unpaired) electrons. The van der Waals surface area contributed by atoms with Crippen molar-refractivity contribution in [3.05, 3.63) is 11.8 Å². The zero-order chi connectivity index (χ0) is 8.10. The molecule has 1 fully saturated rings. The summed E-state index contributed by atoms with van der Waals surface area (Å²) in [6.07, 6.45) is 3.61. The highest BCUT2D eigenvalue weighted by atomic mass is 32.2. The molecule has 0 spiro atoms. The van der Waals surface area contributed by atoms with Gasteiger partial charge in [-0.1, -0.05) is 0 Å². The van der Waals surface area contributed by atoms with Gasteiger partial charge >= 0.3 is 0 Å². The third-order valence-corrected chi connectivity index (χ3v) is 4.55. The van der Waals surface area contributed by atoms with Crippen LogP contribution in [0, 0.1) is 0 Å². The van der Waals surface area contributed by atoms with Gasteiger partial charge in [-0.2, -0.15) is 0 Å². The number of hydrogen-bond donors (Lipinski definition) is 1. The second kappa shape index (κ2) is 4.99. The van der Waals surface area contributed by atoms with Crippen LogP contribution >= 0.6 is 23.5 Å². The molecule has 0 atom stereocenters. The summed E-state index contributed by atoms with van der Waals surface area (Å²) in [6.45, 7) is 1.98. The van der Waals surface area contributed by atoms with Crippen molar-refractivity contribution in [1.29, 1.82) is 0 Å². The predicted molar refractivity (Wildman–Crippen MR) is 54.3 cm³/mol. The quantitative estimate of drug-likeness (QED) is 0.676. The largest absolute Gasteiger partial charge is 0.516 e. The van der Waals surface area contributed by atoms with Crippen LogP contribution in [-0.2, 0) is 0 Å². The van der Waals surface area contributed by atoms with Crippen molar-refractivity contribution in [3.63, 3.8) is 0 Å².